The summed E-state index contributed by atoms with van der Waals surface area (Å²) in [4.78, 5) is 0. The van der Waals surface area contributed by atoms with Crippen LogP contribution in [0.25, 0.3) is 11.1 Å². The van der Waals surface area contributed by atoms with E-state index in [2.05, 4.69) is 50.2 Å². The second-order valence-corrected chi connectivity index (χ2v) is 6.49. The average Bonchev–Trinajstić information content (AvgIpc) is 2.58. The minimum Gasteiger partial charge on any atom is -0.386 e. The maximum atomic E-state index is 10.2. The van der Waals surface area contributed by atoms with Crippen LogP contribution >= 0.6 is 0 Å². The Labute approximate surface area is 114 Å². The van der Waals surface area contributed by atoms with E-state index in [1.54, 1.807) is 0 Å². The Morgan fingerprint density at radius 2 is 1.53 bits per heavy atom. The third-order valence-corrected chi connectivity index (χ3v) is 4.29. The highest BCUT2D eigenvalue weighted by Crippen LogP contribution is 2.49. The van der Waals surface area contributed by atoms with Gasteiger partial charge in [0.1, 0.15) is 0 Å². The molecule has 1 heteroatoms. The molecule has 0 radical (unpaired) electrons. The Hall–Kier alpha value is -1.60. The van der Waals surface area contributed by atoms with Crippen LogP contribution < -0.4 is 0 Å². The van der Waals surface area contributed by atoms with Crippen molar-refractivity contribution < 1.29 is 5.11 Å². The van der Waals surface area contributed by atoms with E-state index in [9.17, 15) is 5.11 Å². The number of hydrogen-bond acceptors (Lipinski definition) is 1. The van der Waals surface area contributed by atoms with Crippen LogP contribution in [0, 0.1) is 0 Å². The summed E-state index contributed by atoms with van der Waals surface area (Å²) in [7, 11) is 0. The van der Waals surface area contributed by atoms with Gasteiger partial charge in [-0.3, -0.25) is 0 Å². The summed E-state index contributed by atoms with van der Waals surface area (Å²) in [5.41, 5.74) is 5.50. The summed E-state index contributed by atoms with van der Waals surface area (Å²) < 4.78 is 0. The molecule has 0 atom stereocenters. The number of hydrogen-bond donors (Lipinski definition) is 1. The molecule has 0 fully saturated rings. The lowest BCUT2D eigenvalue weighted by Gasteiger charge is -2.24. The van der Waals surface area contributed by atoms with Crippen LogP contribution in [0.2, 0.25) is 0 Å². The van der Waals surface area contributed by atoms with Gasteiger partial charge in [0.05, 0.1) is 5.60 Å². The van der Waals surface area contributed by atoms with Gasteiger partial charge < -0.3 is 5.11 Å². The summed E-state index contributed by atoms with van der Waals surface area (Å²) in [6, 6.07) is 14.9. The SMILES string of the molecule is CC(C)(O)c1ccc2c(c1)C(C)(C)c1ccccc1-2. The zero-order valence-electron chi connectivity index (χ0n) is 12.0. The summed E-state index contributed by atoms with van der Waals surface area (Å²) in [6.45, 7) is 8.19. The number of aliphatic hydroxyl groups is 1. The van der Waals surface area contributed by atoms with Gasteiger partial charge in [0, 0.05) is 5.41 Å². The van der Waals surface area contributed by atoms with E-state index >= 15 is 0 Å². The highest BCUT2D eigenvalue weighted by Gasteiger charge is 2.35. The van der Waals surface area contributed by atoms with Crippen LogP contribution in [0.15, 0.2) is 42.5 Å². The molecule has 98 valence electrons. The fourth-order valence-corrected chi connectivity index (χ4v) is 3.08. The molecule has 0 spiro atoms. The van der Waals surface area contributed by atoms with Crippen molar-refractivity contribution >= 4 is 0 Å². The molecule has 2 aromatic carbocycles. The Morgan fingerprint density at radius 3 is 2.21 bits per heavy atom. The van der Waals surface area contributed by atoms with Crippen molar-refractivity contribution in [3.8, 4) is 11.1 Å². The van der Waals surface area contributed by atoms with E-state index in [1.807, 2.05) is 19.9 Å². The van der Waals surface area contributed by atoms with Gasteiger partial charge in [-0.05, 0) is 41.7 Å². The molecule has 0 heterocycles. The zero-order chi connectivity index (χ0) is 13.8. The van der Waals surface area contributed by atoms with Crippen molar-refractivity contribution in [1.82, 2.24) is 0 Å². The summed E-state index contributed by atoms with van der Waals surface area (Å²) in [6.07, 6.45) is 0. The first-order chi connectivity index (χ1) is 8.82. The second-order valence-electron chi connectivity index (χ2n) is 6.49. The second kappa shape index (κ2) is 3.71. The van der Waals surface area contributed by atoms with Crippen molar-refractivity contribution in [2.24, 2.45) is 0 Å². The quantitative estimate of drug-likeness (QED) is 0.805. The van der Waals surface area contributed by atoms with Crippen molar-refractivity contribution in [2.45, 2.75) is 38.7 Å². The molecule has 0 unspecified atom stereocenters. The third kappa shape index (κ3) is 1.73. The van der Waals surface area contributed by atoms with Crippen LogP contribution in [0.4, 0.5) is 0 Å². The molecule has 1 N–H and O–H groups in total. The molecule has 1 nitrogen and oxygen atoms in total. The van der Waals surface area contributed by atoms with Gasteiger partial charge in [-0.2, -0.15) is 0 Å². The monoisotopic (exact) mass is 252 g/mol. The predicted octanol–water partition coefficient (Wildman–Crippen LogP) is 4.22. The van der Waals surface area contributed by atoms with E-state index in [1.165, 1.54) is 22.3 Å². The summed E-state index contributed by atoms with van der Waals surface area (Å²) in [5.74, 6) is 0. The maximum absolute atomic E-state index is 10.2. The minimum absolute atomic E-state index is 0.00713. The van der Waals surface area contributed by atoms with Gasteiger partial charge in [-0.15, -0.1) is 0 Å². The molecule has 0 aromatic heterocycles. The summed E-state index contributed by atoms with van der Waals surface area (Å²) >= 11 is 0. The maximum Gasteiger partial charge on any atom is 0.0840 e. The molecule has 0 saturated heterocycles. The third-order valence-electron chi connectivity index (χ3n) is 4.29. The van der Waals surface area contributed by atoms with E-state index in [0.29, 0.717) is 0 Å². The molecule has 19 heavy (non-hydrogen) atoms. The van der Waals surface area contributed by atoms with E-state index < -0.39 is 5.60 Å². The van der Waals surface area contributed by atoms with Crippen LogP contribution in [0.3, 0.4) is 0 Å². The molecule has 3 rings (SSSR count). The van der Waals surface area contributed by atoms with E-state index in [0.717, 1.165) is 5.56 Å². The fraction of sp³-hybridized carbons (Fsp3) is 0.333. The minimum atomic E-state index is -0.792. The van der Waals surface area contributed by atoms with Crippen molar-refractivity contribution in [2.75, 3.05) is 0 Å². The van der Waals surface area contributed by atoms with Gasteiger partial charge >= 0.3 is 0 Å². The van der Waals surface area contributed by atoms with Crippen molar-refractivity contribution in [1.29, 1.82) is 0 Å². The van der Waals surface area contributed by atoms with Gasteiger partial charge in [-0.1, -0.05) is 56.3 Å². The van der Waals surface area contributed by atoms with Crippen LogP contribution in [0.1, 0.15) is 44.4 Å². The normalized spacial score (nSPS) is 16.1. The molecular formula is C18H20O. The molecule has 1 aliphatic rings. The number of fused-ring (bicyclic) bond motifs is 3. The zero-order valence-corrected chi connectivity index (χ0v) is 12.0. The lowest BCUT2D eigenvalue weighted by molar-refractivity contribution is 0.0785. The Bertz CT molecular complexity index is 645. The Balaban J connectivity index is 2.27. The standard InChI is InChI=1S/C18H20O/c1-17(2)15-8-6-5-7-13(15)14-10-9-12(11-16(14)17)18(3,4)19/h5-11,19H,1-4H3. The largest absolute Gasteiger partial charge is 0.386 e. The Kier molecular flexibility index (Phi) is 2.42. The number of benzene rings is 2. The van der Waals surface area contributed by atoms with Gasteiger partial charge in [0.25, 0.3) is 0 Å². The van der Waals surface area contributed by atoms with Crippen molar-refractivity contribution in [3.05, 3.63) is 59.2 Å². The first kappa shape index (κ1) is 12.4. The smallest absolute Gasteiger partial charge is 0.0840 e. The van der Waals surface area contributed by atoms with Crippen LogP contribution in [-0.4, -0.2) is 5.11 Å². The molecule has 2 aromatic rings. The average molecular weight is 252 g/mol. The van der Waals surface area contributed by atoms with Gasteiger partial charge in [0.15, 0.2) is 0 Å². The molecule has 1 aliphatic carbocycles. The first-order valence-corrected chi connectivity index (χ1v) is 6.79. The lowest BCUT2D eigenvalue weighted by atomic mass is 9.81. The van der Waals surface area contributed by atoms with Crippen LogP contribution in [-0.2, 0) is 11.0 Å². The molecular weight excluding hydrogens is 232 g/mol. The number of rotatable bonds is 1. The van der Waals surface area contributed by atoms with Crippen molar-refractivity contribution in [3.63, 3.8) is 0 Å². The highest BCUT2D eigenvalue weighted by molar-refractivity contribution is 5.80. The Morgan fingerprint density at radius 1 is 0.895 bits per heavy atom. The molecule has 0 bridgehead atoms. The molecule has 0 amide bonds. The fourth-order valence-electron chi connectivity index (χ4n) is 3.08. The topological polar surface area (TPSA) is 20.2 Å². The summed E-state index contributed by atoms with van der Waals surface area (Å²) in [5, 5.41) is 10.2. The van der Waals surface area contributed by atoms with E-state index in [4.69, 9.17) is 0 Å². The van der Waals surface area contributed by atoms with E-state index in [-0.39, 0.29) is 5.41 Å². The predicted molar refractivity (Wildman–Crippen MR) is 79.3 cm³/mol. The first-order valence-electron chi connectivity index (χ1n) is 6.79. The lowest BCUT2D eigenvalue weighted by Crippen LogP contribution is -2.19. The van der Waals surface area contributed by atoms with Gasteiger partial charge in [-0.25, -0.2) is 0 Å². The van der Waals surface area contributed by atoms with Crippen LogP contribution in [0.5, 0.6) is 0 Å². The molecule has 0 saturated carbocycles. The highest BCUT2D eigenvalue weighted by atomic mass is 16.3. The molecule has 0 aliphatic heterocycles. The van der Waals surface area contributed by atoms with Gasteiger partial charge in [0.2, 0.25) is 0 Å².